The number of aryl methyl sites for hydroxylation is 1. The van der Waals surface area contributed by atoms with Crippen LogP contribution in [0.1, 0.15) is 21.6 Å². The summed E-state index contributed by atoms with van der Waals surface area (Å²) in [4.78, 5) is 21.5. The molecule has 0 radical (unpaired) electrons. The number of aromatic nitrogens is 3. The first kappa shape index (κ1) is 24.5. The van der Waals surface area contributed by atoms with Crippen LogP contribution in [0.3, 0.4) is 0 Å². The number of halogens is 1. The predicted molar refractivity (Wildman–Crippen MR) is 147 cm³/mol. The van der Waals surface area contributed by atoms with E-state index in [4.69, 9.17) is 11.6 Å². The minimum atomic E-state index is -3.74. The molecule has 3 heterocycles. The number of carbonyl (C=O) groups excluding carboxylic acids is 1. The van der Waals surface area contributed by atoms with Crippen LogP contribution in [0.2, 0.25) is 5.02 Å². The first-order chi connectivity index (χ1) is 17.2. The summed E-state index contributed by atoms with van der Waals surface area (Å²) < 4.78 is 33.7. The van der Waals surface area contributed by atoms with E-state index in [0.29, 0.717) is 37.0 Å². The fourth-order valence-electron chi connectivity index (χ4n) is 4.38. The summed E-state index contributed by atoms with van der Waals surface area (Å²) in [6.45, 7) is 6.10. The molecule has 0 unspecified atom stereocenters. The second-order valence-electron chi connectivity index (χ2n) is 8.66. The van der Waals surface area contributed by atoms with Gasteiger partial charge in [0.25, 0.3) is 10.0 Å². The van der Waals surface area contributed by atoms with E-state index in [0.717, 1.165) is 28.1 Å². The first-order valence-corrected chi connectivity index (χ1v) is 14.1. The molecule has 4 aromatic rings. The van der Waals surface area contributed by atoms with Gasteiger partial charge in [-0.1, -0.05) is 17.7 Å². The van der Waals surface area contributed by atoms with Gasteiger partial charge in [-0.2, -0.15) is 4.37 Å². The number of carbonyl (C=O) groups is 1. The van der Waals surface area contributed by atoms with Gasteiger partial charge in [-0.15, -0.1) is 0 Å². The van der Waals surface area contributed by atoms with Crippen molar-refractivity contribution in [2.24, 2.45) is 0 Å². The van der Waals surface area contributed by atoms with Crippen molar-refractivity contribution in [3.63, 3.8) is 0 Å². The van der Waals surface area contributed by atoms with Crippen molar-refractivity contribution in [3.8, 4) is 0 Å². The van der Waals surface area contributed by atoms with E-state index in [1.165, 1.54) is 0 Å². The van der Waals surface area contributed by atoms with E-state index in [2.05, 4.69) is 19.0 Å². The SMILES string of the molecule is Cc1nsc(NS(=O)(=O)c2ccc(N3CCN(C(=O)[C@H](C)n4ccc5ccc(Cl)cc54)CC3)cc2)n1.[HH].[HH]. The lowest BCUT2D eigenvalue weighted by molar-refractivity contribution is -0.134. The Balaban J connectivity index is 0.00000200. The fraction of sp³-hybridized carbons (Fsp3) is 0.292. The zero-order valence-corrected chi connectivity index (χ0v) is 22.1. The molecule has 2 aromatic carbocycles. The molecule has 1 atom stereocenters. The Labute approximate surface area is 221 Å². The summed E-state index contributed by atoms with van der Waals surface area (Å²) in [5.74, 6) is 0.581. The number of benzene rings is 2. The van der Waals surface area contributed by atoms with Gasteiger partial charge in [0, 0.05) is 57.5 Å². The molecule has 12 heteroatoms. The molecule has 0 bridgehead atoms. The minimum Gasteiger partial charge on any atom is -0.368 e. The lowest BCUT2D eigenvalue weighted by Gasteiger charge is -2.37. The third kappa shape index (κ3) is 4.91. The highest BCUT2D eigenvalue weighted by atomic mass is 35.5. The molecule has 0 aliphatic carbocycles. The van der Waals surface area contributed by atoms with E-state index in [1.807, 2.05) is 46.9 Å². The molecule has 5 rings (SSSR count). The van der Waals surface area contributed by atoms with Crippen LogP contribution >= 0.6 is 23.1 Å². The Hall–Kier alpha value is -3.15. The van der Waals surface area contributed by atoms with Crippen LogP contribution in [0, 0.1) is 6.92 Å². The number of piperazine rings is 1. The Kier molecular flexibility index (Phi) is 6.62. The number of nitrogens with one attached hydrogen (secondary N) is 1. The minimum absolute atomic E-state index is 0. The maximum Gasteiger partial charge on any atom is 0.263 e. The van der Waals surface area contributed by atoms with Gasteiger partial charge >= 0.3 is 0 Å². The van der Waals surface area contributed by atoms with Gasteiger partial charge in [0.05, 0.1) is 10.4 Å². The molecule has 9 nitrogen and oxygen atoms in total. The summed E-state index contributed by atoms with van der Waals surface area (Å²) in [5.41, 5.74) is 1.85. The van der Waals surface area contributed by atoms with E-state index in [9.17, 15) is 13.2 Å². The third-order valence-electron chi connectivity index (χ3n) is 6.31. The van der Waals surface area contributed by atoms with Crippen molar-refractivity contribution < 1.29 is 16.1 Å². The van der Waals surface area contributed by atoms with Gasteiger partial charge in [0.15, 0.2) is 0 Å². The molecule has 0 spiro atoms. The number of fused-ring (bicyclic) bond motifs is 1. The lowest BCUT2D eigenvalue weighted by atomic mass is 10.2. The standard InChI is InChI=1S/C24H25ClN6O3S2.2H2/c1-16(31-10-9-18-3-4-19(25)15-22(18)31)23(32)30-13-11-29(12-14-30)20-5-7-21(8-6-20)36(33,34)28-24-26-17(2)27-35-24;;/h3-10,15-16H,11-14H2,1-2H3,(H,26,27,28);2*1H/t16-;;/m0../s1. The monoisotopic (exact) mass is 548 g/mol. The summed E-state index contributed by atoms with van der Waals surface area (Å²) in [6, 6.07) is 14.0. The number of anilines is 2. The fourth-order valence-corrected chi connectivity index (χ4v) is 6.34. The predicted octanol–water partition coefficient (Wildman–Crippen LogP) is 4.66. The molecular weight excluding hydrogens is 520 g/mol. The summed E-state index contributed by atoms with van der Waals surface area (Å²) in [6.07, 6.45) is 1.93. The van der Waals surface area contributed by atoms with Crippen LogP contribution in [-0.2, 0) is 14.8 Å². The van der Waals surface area contributed by atoms with Crippen LogP contribution < -0.4 is 9.62 Å². The van der Waals surface area contributed by atoms with Gasteiger partial charge in [-0.05, 0) is 61.7 Å². The van der Waals surface area contributed by atoms with Crippen molar-refractivity contribution in [1.82, 2.24) is 18.8 Å². The Morgan fingerprint density at radius 2 is 1.83 bits per heavy atom. The van der Waals surface area contributed by atoms with E-state index in [-0.39, 0.29) is 24.8 Å². The Bertz CT molecular complexity index is 1520. The molecule has 192 valence electrons. The molecule has 1 amide bonds. The van der Waals surface area contributed by atoms with Crippen molar-refractivity contribution in [2.45, 2.75) is 24.8 Å². The van der Waals surface area contributed by atoms with Gasteiger partial charge in [-0.25, -0.2) is 13.4 Å². The molecule has 36 heavy (non-hydrogen) atoms. The lowest BCUT2D eigenvalue weighted by Crippen LogP contribution is -2.50. The molecule has 1 fully saturated rings. The molecule has 0 saturated carbocycles. The molecule has 1 aliphatic rings. The van der Waals surface area contributed by atoms with Gasteiger partial charge in [0.2, 0.25) is 11.0 Å². The van der Waals surface area contributed by atoms with Crippen LogP contribution in [0.4, 0.5) is 10.8 Å². The third-order valence-corrected chi connectivity index (χ3v) is 8.75. The zero-order chi connectivity index (χ0) is 25.4. The number of amides is 1. The number of nitrogens with zero attached hydrogens (tertiary/aromatic N) is 5. The molecule has 1 aliphatic heterocycles. The number of hydrogen-bond donors (Lipinski definition) is 1. The Morgan fingerprint density at radius 3 is 2.50 bits per heavy atom. The zero-order valence-electron chi connectivity index (χ0n) is 19.8. The molecule has 1 N–H and O–H groups in total. The van der Waals surface area contributed by atoms with Crippen molar-refractivity contribution >= 4 is 60.8 Å². The van der Waals surface area contributed by atoms with Crippen molar-refractivity contribution in [2.75, 3.05) is 35.8 Å². The normalized spacial score (nSPS) is 15.3. The topological polar surface area (TPSA) is 100 Å². The highest BCUT2D eigenvalue weighted by Gasteiger charge is 2.27. The number of rotatable bonds is 6. The van der Waals surface area contributed by atoms with Crippen LogP contribution in [0.15, 0.2) is 59.6 Å². The van der Waals surface area contributed by atoms with Gasteiger partial charge < -0.3 is 14.4 Å². The van der Waals surface area contributed by atoms with E-state index >= 15 is 0 Å². The Morgan fingerprint density at radius 1 is 1.11 bits per heavy atom. The van der Waals surface area contributed by atoms with Gasteiger partial charge in [0.1, 0.15) is 11.9 Å². The first-order valence-electron chi connectivity index (χ1n) is 11.4. The second kappa shape index (κ2) is 9.72. The highest BCUT2D eigenvalue weighted by molar-refractivity contribution is 7.93. The summed E-state index contributed by atoms with van der Waals surface area (Å²) >= 11 is 7.17. The van der Waals surface area contributed by atoms with Crippen LogP contribution in [-0.4, -0.2) is 59.3 Å². The van der Waals surface area contributed by atoms with Crippen molar-refractivity contribution in [3.05, 3.63) is 65.6 Å². The molecular formula is C24H29ClN6O3S2. The molecule has 1 saturated heterocycles. The largest absolute Gasteiger partial charge is 0.368 e. The second-order valence-corrected chi connectivity index (χ2v) is 11.5. The average Bonchev–Trinajstić information content (AvgIpc) is 3.48. The maximum absolute atomic E-state index is 13.2. The van der Waals surface area contributed by atoms with Gasteiger partial charge in [-0.3, -0.25) is 9.52 Å². The van der Waals surface area contributed by atoms with E-state index < -0.39 is 10.0 Å². The maximum atomic E-state index is 13.2. The number of hydrogen-bond acceptors (Lipinski definition) is 7. The summed E-state index contributed by atoms with van der Waals surface area (Å²) in [7, 11) is -3.74. The summed E-state index contributed by atoms with van der Waals surface area (Å²) in [5, 5.41) is 1.92. The van der Waals surface area contributed by atoms with Crippen LogP contribution in [0.25, 0.3) is 10.9 Å². The smallest absolute Gasteiger partial charge is 0.263 e. The highest BCUT2D eigenvalue weighted by Crippen LogP contribution is 2.26. The quantitative estimate of drug-likeness (QED) is 0.376. The van der Waals surface area contributed by atoms with Crippen LogP contribution in [0.5, 0.6) is 0 Å². The van der Waals surface area contributed by atoms with Crippen molar-refractivity contribution in [1.29, 1.82) is 0 Å². The van der Waals surface area contributed by atoms with E-state index in [1.54, 1.807) is 31.2 Å². The number of sulfonamides is 1. The average molecular weight is 549 g/mol. The molecule has 2 aromatic heterocycles.